The van der Waals surface area contributed by atoms with Crippen molar-refractivity contribution in [2.24, 2.45) is 11.7 Å². The van der Waals surface area contributed by atoms with Gasteiger partial charge in [-0.3, -0.25) is 19.2 Å². The van der Waals surface area contributed by atoms with Crippen molar-refractivity contribution in [3.05, 3.63) is 0 Å². The van der Waals surface area contributed by atoms with Crippen LogP contribution < -0.4 is 16.4 Å². The van der Waals surface area contributed by atoms with Gasteiger partial charge in [-0.1, -0.05) is 25.7 Å². The second-order valence-corrected chi connectivity index (χ2v) is 8.60. The summed E-state index contributed by atoms with van der Waals surface area (Å²) in [7, 11) is 0. The van der Waals surface area contributed by atoms with E-state index < -0.39 is 11.8 Å². The number of unbranched alkanes of at least 4 members (excludes halogenated alkanes) is 6. The van der Waals surface area contributed by atoms with Gasteiger partial charge in [-0.15, -0.1) is 0 Å². The molecule has 8 nitrogen and oxygen atoms in total. The molecule has 0 aliphatic heterocycles. The van der Waals surface area contributed by atoms with E-state index >= 15 is 0 Å². The van der Waals surface area contributed by atoms with E-state index in [4.69, 9.17) is 5.73 Å². The molecule has 0 aromatic rings. The molecule has 3 amide bonds. The van der Waals surface area contributed by atoms with E-state index in [-0.39, 0.29) is 29.8 Å². The number of Topliss-reactive ketones (excluding diaryl/α,β-unsaturated/α-hetero) is 2. The molecule has 0 spiro atoms. The summed E-state index contributed by atoms with van der Waals surface area (Å²) in [5, 5.41) is 5.60. The van der Waals surface area contributed by atoms with E-state index in [1.165, 1.54) is 6.92 Å². The standard InChI is InChI=1S/C24H43N3O5/c1-19(28)12-6-3-4-7-14-22(30)18-21(24(25)32)13-9-11-17-27-23(31)15-8-5-10-16-26-20(2)29/h21H,3-18H2,1-2H3,(H2,25,32)(H,26,29)(H,27,31). The molecular formula is C24H43N3O5. The van der Waals surface area contributed by atoms with Crippen molar-refractivity contribution in [3.8, 4) is 0 Å². The molecule has 0 fully saturated rings. The summed E-state index contributed by atoms with van der Waals surface area (Å²) in [5.74, 6) is -0.660. The Balaban J connectivity index is 3.80. The third-order valence-corrected chi connectivity index (χ3v) is 5.37. The maximum atomic E-state index is 12.1. The zero-order valence-corrected chi connectivity index (χ0v) is 20.0. The van der Waals surface area contributed by atoms with Gasteiger partial charge in [0.1, 0.15) is 11.6 Å². The lowest BCUT2D eigenvalue weighted by Gasteiger charge is -2.13. The number of amides is 3. The van der Waals surface area contributed by atoms with Crippen LogP contribution in [0.5, 0.6) is 0 Å². The number of carbonyl (C=O) groups excluding carboxylic acids is 5. The number of hydrogen-bond acceptors (Lipinski definition) is 5. The van der Waals surface area contributed by atoms with Crippen molar-refractivity contribution in [3.63, 3.8) is 0 Å². The monoisotopic (exact) mass is 453 g/mol. The summed E-state index contributed by atoms with van der Waals surface area (Å²) >= 11 is 0. The fourth-order valence-electron chi connectivity index (χ4n) is 3.46. The summed E-state index contributed by atoms with van der Waals surface area (Å²) in [4.78, 5) is 57.3. The molecule has 32 heavy (non-hydrogen) atoms. The van der Waals surface area contributed by atoms with E-state index in [1.807, 2.05) is 0 Å². The predicted octanol–water partition coefficient (Wildman–Crippen LogP) is 2.96. The van der Waals surface area contributed by atoms with E-state index in [0.29, 0.717) is 38.8 Å². The lowest BCUT2D eigenvalue weighted by molar-refractivity contribution is -0.127. The molecule has 0 saturated heterocycles. The van der Waals surface area contributed by atoms with Gasteiger partial charge in [0, 0.05) is 51.6 Å². The Bertz CT molecular complexity index is 592. The number of carbonyl (C=O) groups is 5. The molecule has 184 valence electrons. The van der Waals surface area contributed by atoms with Gasteiger partial charge in [0.2, 0.25) is 17.7 Å². The molecular weight excluding hydrogens is 410 g/mol. The summed E-state index contributed by atoms with van der Waals surface area (Å²) in [5.41, 5.74) is 5.46. The normalized spacial score (nSPS) is 11.6. The quantitative estimate of drug-likeness (QED) is 0.230. The van der Waals surface area contributed by atoms with E-state index in [9.17, 15) is 24.0 Å². The van der Waals surface area contributed by atoms with Crippen LogP contribution in [0.15, 0.2) is 0 Å². The van der Waals surface area contributed by atoms with Crippen LogP contribution in [0.3, 0.4) is 0 Å². The molecule has 0 aliphatic rings. The molecule has 0 heterocycles. The molecule has 0 radical (unpaired) electrons. The number of primary amides is 1. The zero-order chi connectivity index (χ0) is 24.2. The summed E-state index contributed by atoms with van der Waals surface area (Å²) < 4.78 is 0. The van der Waals surface area contributed by atoms with E-state index in [2.05, 4.69) is 10.6 Å². The fourth-order valence-corrected chi connectivity index (χ4v) is 3.46. The van der Waals surface area contributed by atoms with Gasteiger partial charge in [-0.25, -0.2) is 0 Å². The minimum Gasteiger partial charge on any atom is -0.369 e. The van der Waals surface area contributed by atoms with Gasteiger partial charge in [0.25, 0.3) is 0 Å². The number of rotatable bonds is 21. The second-order valence-electron chi connectivity index (χ2n) is 8.60. The van der Waals surface area contributed by atoms with Gasteiger partial charge < -0.3 is 21.2 Å². The number of nitrogens with one attached hydrogen (secondary N) is 2. The third-order valence-electron chi connectivity index (χ3n) is 5.37. The molecule has 0 rings (SSSR count). The van der Waals surface area contributed by atoms with Crippen LogP contribution >= 0.6 is 0 Å². The Labute approximate surface area is 192 Å². The van der Waals surface area contributed by atoms with Crippen molar-refractivity contribution in [1.82, 2.24) is 10.6 Å². The first-order valence-corrected chi connectivity index (χ1v) is 12.0. The van der Waals surface area contributed by atoms with E-state index in [1.54, 1.807) is 6.92 Å². The van der Waals surface area contributed by atoms with E-state index in [0.717, 1.165) is 57.8 Å². The van der Waals surface area contributed by atoms with Gasteiger partial charge in [-0.2, -0.15) is 0 Å². The Morgan fingerprint density at radius 1 is 0.688 bits per heavy atom. The highest BCUT2D eigenvalue weighted by Crippen LogP contribution is 2.16. The average molecular weight is 454 g/mol. The number of nitrogens with two attached hydrogens (primary N) is 1. The van der Waals surface area contributed by atoms with Crippen molar-refractivity contribution in [2.45, 2.75) is 104 Å². The van der Waals surface area contributed by atoms with Crippen LogP contribution in [0.25, 0.3) is 0 Å². The molecule has 8 heteroatoms. The first-order chi connectivity index (χ1) is 15.2. The van der Waals surface area contributed by atoms with Crippen LogP contribution in [0.2, 0.25) is 0 Å². The Hall–Kier alpha value is -2.25. The Morgan fingerprint density at radius 3 is 1.88 bits per heavy atom. The van der Waals surface area contributed by atoms with Gasteiger partial charge >= 0.3 is 0 Å². The predicted molar refractivity (Wildman–Crippen MR) is 125 cm³/mol. The molecule has 0 bridgehead atoms. The minimum atomic E-state index is -0.445. The minimum absolute atomic E-state index is 0.00876. The molecule has 1 unspecified atom stereocenters. The molecule has 0 aromatic heterocycles. The highest BCUT2D eigenvalue weighted by molar-refractivity contribution is 5.86. The summed E-state index contributed by atoms with van der Waals surface area (Å²) in [6, 6.07) is 0. The second kappa shape index (κ2) is 19.4. The lowest BCUT2D eigenvalue weighted by Crippen LogP contribution is -2.27. The van der Waals surface area contributed by atoms with Crippen molar-refractivity contribution < 1.29 is 24.0 Å². The molecule has 0 aliphatic carbocycles. The first-order valence-electron chi connectivity index (χ1n) is 12.0. The van der Waals surface area contributed by atoms with Gasteiger partial charge in [0.05, 0.1) is 0 Å². The largest absolute Gasteiger partial charge is 0.369 e. The van der Waals surface area contributed by atoms with Crippen molar-refractivity contribution >= 4 is 29.3 Å². The summed E-state index contributed by atoms with van der Waals surface area (Å²) in [6.07, 6.45) is 9.75. The Kier molecular flexibility index (Phi) is 18.1. The molecule has 4 N–H and O–H groups in total. The van der Waals surface area contributed by atoms with Crippen molar-refractivity contribution in [1.29, 1.82) is 0 Å². The average Bonchev–Trinajstić information content (AvgIpc) is 2.71. The molecule has 1 atom stereocenters. The van der Waals surface area contributed by atoms with Gasteiger partial charge in [-0.05, 0) is 45.4 Å². The maximum absolute atomic E-state index is 12.1. The summed E-state index contributed by atoms with van der Waals surface area (Å²) in [6.45, 7) is 4.26. The number of ketones is 2. The highest BCUT2D eigenvalue weighted by Gasteiger charge is 2.18. The first kappa shape index (κ1) is 29.8. The number of hydrogen-bond donors (Lipinski definition) is 3. The van der Waals surface area contributed by atoms with Crippen molar-refractivity contribution in [2.75, 3.05) is 13.1 Å². The SMILES string of the molecule is CC(=O)CCCCCCC(=O)CC(CCCCNC(=O)CCCCCNC(C)=O)C(N)=O. The third kappa shape index (κ3) is 19.7. The lowest BCUT2D eigenvalue weighted by atomic mass is 9.93. The van der Waals surface area contributed by atoms with Crippen LogP contribution in [-0.2, 0) is 24.0 Å². The maximum Gasteiger partial charge on any atom is 0.220 e. The smallest absolute Gasteiger partial charge is 0.220 e. The van der Waals surface area contributed by atoms with Crippen LogP contribution in [0, 0.1) is 5.92 Å². The van der Waals surface area contributed by atoms with Crippen LogP contribution in [-0.4, -0.2) is 42.4 Å². The van der Waals surface area contributed by atoms with Crippen LogP contribution in [0.4, 0.5) is 0 Å². The zero-order valence-electron chi connectivity index (χ0n) is 20.0. The Morgan fingerprint density at radius 2 is 1.25 bits per heavy atom. The topological polar surface area (TPSA) is 135 Å². The van der Waals surface area contributed by atoms with Crippen LogP contribution in [0.1, 0.15) is 104 Å². The fraction of sp³-hybridized carbons (Fsp3) is 0.792. The highest BCUT2D eigenvalue weighted by atomic mass is 16.2. The van der Waals surface area contributed by atoms with Gasteiger partial charge in [0.15, 0.2) is 0 Å². The molecule has 0 aromatic carbocycles. The molecule has 0 saturated carbocycles.